The minimum atomic E-state index is -0.683. The van der Waals surface area contributed by atoms with E-state index in [1.165, 1.54) is 33.8 Å². The molecule has 6 N–H and O–H groups in total. The topological polar surface area (TPSA) is 224 Å². The largest absolute Gasteiger partial charge is 0.484 e. The summed E-state index contributed by atoms with van der Waals surface area (Å²) in [6.45, 7) is 6.97. The molecule has 0 aliphatic carbocycles. The molecule has 20 heteroatoms. The van der Waals surface area contributed by atoms with Gasteiger partial charge in [0.05, 0.1) is 70.8 Å². The molecule has 2 aromatic carbocycles. The number of aliphatic hydroxyl groups excluding tert-OH is 4. The van der Waals surface area contributed by atoms with Crippen LogP contribution in [-0.2, 0) is 12.8 Å². The minimum Gasteiger partial charge on any atom is -0.484 e. The molecule has 10 rings (SSSR count). The average Bonchev–Trinajstić information content (AvgIpc) is 4.10. The second-order valence-electron chi connectivity index (χ2n) is 18.1. The number of aromatic nitrogens is 6. The molecule has 66 heavy (non-hydrogen) atoms. The number of halogens is 2. The minimum absolute atomic E-state index is 0.1000. The second kappa shape index (κ2) is 18.5. The summed E-state index contributed by atoms with van der Waals surface area (Å²) in [6.07, 6.45) is 13.7. The first-order valence-corrected chi connectivity index (χ1v) is 22.8. The van der Waals surface area contributed by atoms with Crippen LogP contribution in [0.5, 0.6) is 11.5 Å². The van der Waals surface area contributed by atoms with E-state index in [4.69, 9.17) is 32.7 Å². The molecular formula is C46H52Cl2N10O8. The Hall–Kier alpha value is -5.76. The zero-order chi connectivity index (χ0) is 46.3. The van der Waals surface area contributed by atoms with Crippen molar-refractivity contribution < 1.29 is 39.5 Å². The van der Waals surface area contributed by atoms with Gasteiger partial charge in [0.15, 0.2) is 11.3 Å². The summed E-state index contributed by atoms with van der Waals surface area (Å²) < 4.78 is 15.1. The summed E-state index contributed by atoms with van der Waals surface area (Å²) in [5.41, 5.74) is 5.06. The summed E-state index contributed by atoms with van der Waals surface area (Å²) in [4.78, 5) is 39.4. The van der Waals surface area contributed by atoms with Crippen molar-refractivity contribution in [3.05, 3.63) is 93.7 Å². The fourth-order valence-corrected chi connectivity index (χ4v) is 9.40. The average molecular weight is 944 g/mol. The highest BCUT2D eigenvalue weighted by Crippen LogP contribution is 2.44. The predicted octanol–water partition coefficient (Wildman–Crippen LogP) is 5.06. The van der Waals surface area contributed by atoms with Crippen molar-refractivity contribution in [3.63, 3.8) is 0 Å². The Kier molecular flexibility index (Phi) is 12.7. The van der Waals surface area contributed by atoms with Gasteiger partial charge in [0.2, 0.25) is 0 Å². The standard InChI is InChI=1S/2C23H26ClN5O4/c2*1-23(13-31)8-15-6-18(19(7-20(15)33-23)28-4-2-14(12-30)3-5-28)27-22(32)17-10-26-29-11-16(24)9-25-21(17)29/h2*6-7,9-11,14,30-31H,2-5,8,12-13H2,1H3,(H,27,32)/t2*23-/m10/s1. The molecule has 8 heterocycles. The monoisotopic (exact) mass is 942 g/mol. The van der Waals surface area contributed by atoms with Crippen molar-refractivity contribution >= 4 is 69.1 Å². The smallest absolute Gasteiger partial charge is 0.261 e. The second-order valence-corrected chi connectivity index (χ2v) is 18.9. The molecule has 2 saturated heterocycles. The summed E-state index contributed by atoms with van der Waals surface area (Å²) in [7, 11) is 0. The molecule has 0 unspecified atom stereocenters. The number of amides is 2. The van der Waals surface area contributed by atoms with Crippen LogP contribution in [0.25, 0.3) is 11.3 Å². The van der Waals surface area contributed by atoms with E-state index in [0.717, 1.165) is 85.9 Å². The summed E-state index contributed by atoms with van der Waals surface area (Å²) in [6, 6.07) is 7.74. The maximum absolute atomic E-state index is 13.2. The molecule has 4 aliphatic rings. The lowest BCUT2D eigenvalue weighted by molar-refractivity contribution is 0.0446. The molecule has 0 bridgehead atoms. The third kappa shape index (κ3) is 9.17. The highest BCUT2D eigenvalue weighted by molar-refractivity contribution is 6.30. The van der Waals surface area contributed by atoms with Crippen molar-refractivity contribution in [2.45, 2.75) is 63.6 Å². The fourth-order valence-electron chi connectivity index (χ4n) is 9.12. The first kappa shape index (κ1) is 45.4. The maximum atomic E-state index is 13.2. The van der Waals surface area contributed by atoms with Crippen LogP contribution < -0.4 is 29.9 Å². The maximum Gasteiger partial charge on any atom is 0.261 e. The number of anilines is 4. The van der Waals surface area contributed by atoms with E-state index in [-0.39, 0.29) is 38.2 Å². The fraction of sp³-hybridized carbons (Fsp3) is 0.435. The predicted molar refractivity (Wildman–Crippen MR) is 248 cm³/mol. The molecule has 18 nitrogen and oxygen atoms in total. The van der Waals surface area contributed by atoms with Gasteiger partial charge in [-0.2, -0.15) is 10.2 Å². The molecule has 0 spiro atoms. The van der Waals surface area contributed by atoms with Gasteiger partial charge in [0.1, 0.15) is 33.8 Å². The van der Waals surface area contributed by atoms with Gasteiger partial charge in [-0.15, -0.1) is 0 Å². The summed E-state index contributed by atoms with van der Waals surface area (Å²) in [5.74, 6) is 1.37. The summed E-state index contributed by atoms with van der Waals surface area (Å²) >= 11 is 12.0. The van der Waals surface area contributed by atoms with Crippen LogP contribution in [-0.4, -0.2) is 125 Å². The number of hydrogen-bond acceptors (Lipinski definition) is 14. The molecule has 2 atom stereocenters. The van der Waals surface area contributed by atoms with E-state index in [1.807, 2.05) is 38.1 Å². The zero-order valence-corrected chi connectivity index (χ0v) is 38.1. The lowest BCUT2D eigenvalue weighted by Gasteiger charge is -2.34. The van der Waals surface area contributed by atoms with Gasteiger partial charge < -0.3 is 50.3 Å². The van der Waals surface area contributed by atoms with Crippen LogP contribution in [0.15, 0.2) is 61.4 Å². The Bertz CT molecular complexity index is 2600. The Morgan fingerprint density at radius 1 is 0.652 bits per heavy atom. The lowest BCUT2D eigenvalue weighted by atomic mass is 9.96. The molecule has 0 radical (unpaired) electrons. The number of piperidine rings is 2. The van der Waals surface area contributed by atoms with Gasteiger partial charge in [-0.1, -0.05) is 23.2 Å². The van der Waals surface area contributed by atoms with E-state index >= 15 is 0 Å². The first-order chi connectivity index (χ1) is 31.8. The third-order valence-corrected chi connectivity index (χ3v) is 13.3. The zero-order valence-electron chi connectivity index (χ0n) is 36.6. The number of hydrogen-bond donors (Lipinski definition) is 6. The lowest BCUT2D eigenvalue weighted by Crippen LogP contribution is -2.35. The third-order valence-electron chi connectivity index (χ3n) is 12.9. The van der Waals surface area contributed by atoms with Gasteiger partial charge >= 0.3 is 0 Å². The number of nitrogens with zero attached hydrogens (tertiary/aromatic N) is 8. The number of benzene rings is 2. The number of fused-ring (bicyclic) bond motifs is 4. The molecular weight excluding hydrogens is 891 g/mol. The number of carbonyl (C=O) groups is 2. The van der Waals surface area contributed by atoms with E-state index in [9.17, 15) is 30.0 Å². The normalized spacial score (nSPS) is 20.7. The highest BCUT2D eigenvalue weighted by atomic mass is 35.5. The first-order valence-electron chi connectivity index (χ1n) is 22.0. The Balaban J connectivity index is 0.000000166. The van der Waals surface area contributed by atoms with Crippen LogP contribution in [0.1, 0.15) is 71.4 Å². The number of nitrogens with one attached hydrogen (secondary N) is 2. The van der Waals surface area contributed by atoms with Crippen LogP contribution >= 0.6 is 23.2 Å². The van der Waals surface area contributed by atoms with Gasteiger partial charge in [-0.3, -0.25) is 9.59 Å². The van der Waals surface area contributed by atoms with Gasteiger partial charge in [0, 0.05) is 87.9 Å². The van der Waals surface area contributed by atoms with Gasteiger partial charge in [0.25, 0.3) is 11.8 Å². The van der Waals surface area contributed by atoms with Crippen molar-refractivity contribution in [3.8, 4) is 11.5 Å². The Morgan fingerprint density at radius 3 is 1.41 bits per heavy atom. The molecule has 6 aromatic rings. The van der Waals surface area contributed by atoms with E-state index < -0.39 is 11.2 Å². The molecule has 348 valence electrons. The SMILES string of the molecule is C[C@@]1(CO)Cc2cc(NC(=O)c3cnn4cc(Cl)cnc34)c(N3CCC(CO)CC3)cc2O1.C[C@]1(CO)Cc2cc(NC(=O)c3cnn4cc(Cl)cnc34)c(N3CCC(CO)CC3)cc2O1. The quantitative estimate of drug-likeness (QED) is 0.106. The van der Waals surface area contributed by atoms with Crippen LogP contribution in [0, 0.1) is 11.8 Å². The van der Waals surface area contributed by atoms with Crippen molar-refractivity contribution in [2.75, 3.05) is 73.0 Å². The number of ether oxygens (including phenoxy) is 2. The van der Waals surface area contributed by atoms with Crippen molar-refractivity contribution in [2.24, 2.45) is 11.8 Å². The summed E-state index contributed by atoms with van der Waals surface area (Å²) in [5, 5.41) is 53.9. The molecule has 4 aliphatic heterocycles. The highest BCUT2D eigenvalue weighted by Gasteiger charge is 2.38. The number of aliphatic hydroxyl groups is 4. The van der Waals surface area contributed by atoms with E-state index in [0.29, 0.717) is 68.5 Å². The molecule has 4 aromatic heterocycles. The molecule has 2 amide bonds. The van der Waals surface area contributed by atoms with Crippen LogP contribution in [0.3, 0.4) is 0 Å². The van der Waals surface area contributed by atoms with E-state index in [2.05, 4.69) is 40.6 Å². The Labute approximate surface area is 390 Å². The number of rotatable bonds is 10. The van der Waals surface area contributed by atoms with Crippen LogP contribution in [0.2, 0.25) is 10.0 Å². The molecule has 2 fully saturated rings. The van der Waals surface area contributed by atoms with Crippen molar-refractivity contribution in [1.82, 2.24) is 29.2 Å². The van der Waals surface area contributed by atoms with Crippen molar-refractivity contribution in [1.29, 1.82) is 0 Å². The molecule has 0 saturated carbocycles. The van der Waals surface area contributed by atoms with Crippen LogP contribution in [0.4, 0.5) is 22.7 Å². The Morgan fingerprint density at radius 2 is 1.05 bits per heavy atom. The van der Waals surface area contributed by atoms with Gasteiger partial charge in [-0.05, 0) is 63.5 Å². The van der Waals surface area contributed by atoms with E-state index in [1.54, 1.807) is 12.4 Å². The van der Waals surface area contributed by atoms with Gasteiger partial charge in [-0.25, -0.2) is 19.0 Å². The number of carbonyl (C=O) groups excluding carboxylic acids is 2.